The molecule has 1 aliphatic rings. The van der Waals surface area contributed by atoms with Gasteiger partial charge in [0, 0.05) is 26.1 Å². The average Bonchev–Trinajstić information content (AvgIpc) is 2.77. The van der Waals surface area contributed by atoms with Crippen LogP contribution in [0.5, 0.6) is 0 Å². The highest BCUT2D eigenvalue weighted by molar-refractivity contribution is 7.91. The van der Waals surface area contributed by atoms with Crippen LogP contribution in [0.2, 0.25) is 4.34 Å². The summed E-state index contributed by atoms with van der Waals surface area (Å²) in [6.45, 7) is 1.71. The van der Waals surface area contributed by atoms with Crippen LogP contribution in [0.1, 0.15) is 32.1 Å². The topological polar surface area (TPSA) is 66.5 Å². The first-order valence-corrected chi connectivity index (χ1v) is 9.69. The Bertz CT molecular complexity index is 586. The Morgan fingerprint density at radius 1 is 1.29 bits per heavy atom. The molecule has 1 amide bonds. The number of sulfonamides is 1. The highest BCUT2D eigenvalue weighted by Gasteiger charge is 2.18. The van der Waals surface area contributed by atoms with E-state index in [1.165, 1.54) is 6.07 Å². The molecule has 0 radical (unpaired) electrons. The molecule has 118 valence electrons. The molecule has 1 N–H and O–H groups in total. The van der Waals surface area contributed by atoms with E-state index in [-0.39, 0.29) is 10.1 Å². The summed E-state index contributed by atoms with van der Waals surface area (Å²) in [5.74, 6) is 0.181. The van der Waals surface area contributed by atoms with Gasteiger partial charge in [-0.1, -0.05) is 18.0 Å². The van der Waals surface area contributed by atoms with Gasteiger partial charge < -0.3 is 4.90 Å². The van der Waals surface area contributed by atoms with Crippen LogP contribution in [0.25, 0.3) is 0 Å². The third-order valence-electron chi connectivity index (χ3n) is 3.38. The Balaban J connectivity index is 1.77. The number of hydrogen-bond donors (Lipinski definition) is 1. The van der Waals surface area contributed by atoms with E-state index in [1.54, 1.807) is 6.07 Å². The zero-order valence-corrected chi connectivity index (χ0v) is 14.1. The van der Waals surface area contributed by atoms with Crippen molar-refractivity contribution in [2.75, 3.05) is 19.6 Å². The molecule has 2 rings (SSSR count). The van der Waals surface area contributed by atoms with Crippen molar-refractivity contribution in [2.24, 2.45) is 0 Å². The Morgan fingerprint density at radius 3 is 2.81 bits per heavy atom. The Kier molecular flexibility index (Phi) is 6.04. The lowest BCUT2D eigenvalue weighted by molar-refractivity contribution is -0.130. The highest BCUT2D eigenvalue weighted by Crippen LogP contribution is 2.25. The lowest BCUT2D eigenvalue weighted by Gasteiger charge is -2.20. The Morgan fingerprint density at radius 2 is 2.10 bits per heavy atom. The van der Waals surface area contributed by atoms with Crippen LogP contribution in [-0.2, 0) is 14.8 Å². The third kappa shape index (κ3) is 4.95. The number of rotatable bonds is 6. The van der Waals surface area contributed by atoms with E-state index in [4.69, 9.17) is 11.6 Å². The summed E-state index contributed by atoms with van der Waals surface area (Å²) in [6, 6.07) is 3.06. The molecule has 0 saturated carbocycles. The molecule has 1 saturated heterocycles. The highest BCUT2D eigenvalue weighted by atomic mass is 35.5. The van der Waals surface area contributed by atoms with Crippen LogP contribution in [0.4, 0.5) is 0 Å². The van der Waals surface area contributed by atoms with Crippen molar-refractivity contribution in [2.45, 2.75) is 36.3 Å². The van der Waals surface area contributed by atoms with Crippen LogP contribution in [0.15, 0.2) is 16.3 Å². The average molecular weight is 351 g/mol. The fourth-order valence-corrected chi connectivity index (χ4v) is 4.87. The molecule has 21 heavy (non-hydrogen) atoms. The van der Waals surface area contributed by atoms with Gasteiger partial charge in [-0.15, -0.1) is 11.3 Å². The number of thiophene rings is 1. The predicted octanol–water partition coefficient (Wildman–Crippen LogP) is 2.47. The lowest BCUT2D eigenvalue weighted by atomic mass is 10.2. The minimum Gasteiger partial charge on any atom is -0.343 e. The normalized spacial score (nSPS) is 17.0. The minimum absolute atomic E-state index is 0.181. The van der Waals surface area contributed by atoms with E-state index >= 15 is 0 Å². The molecule has 1 aromatic rings. The number of carbonyl (C=O) groups excluding carboxylic acids is 1. The van der Waals surface area contributed by atoms with Crippen molar-refractivity contribution in [3.63, 3.8) is 0 Å². The fourth-order valence-electron chi connectivity index (χ4n) is 2.26. The van der Waals surface area contributed by atoms with Gasteiger partial charge in [-0.2, -0.15) is 0 Å². The van der Waals surface area contributed by atoms with Crippen molar-refractivity contribution < 1.29 is 13.2 Å². The van der Waals surface area contributed by atoms with Crippen molar-refractivity contribution in [3.8, 4) is 0 Å². The number of amides is 1. The molecule has 0 aliphatic carbocycles. The first-order valence-electron chi connectivity index (χ1n) is 7.02. The second-order valence-corrected chi connectivity index (χ2v) is 8.71. The summed E-state index contributed by atoms with van der Waals surface area (Å²) >= 11 is 6.78. The van der Waals surface area contributed by atoms with Gasteiger partial charge >= 0.3 is 0 Å². The van der Waals surface area contributed by atoms with Gasteiger partial charge in [0.25, 0.3) is 0 Å². The minimum atomic E-state index is -3.48. The molecule has 5 nitrogen and oxygen atoms in total. The van der Waals surface area contributed by atoms with Crippen molar-refractivity contribution in [1.29, 1.82) is 0 Å². The Labute approximate surface area is 134 Å². The molecule has 0 atom stereocenters. The monoisotopic (exact) mass is 350 g/mol. The molecular formula is C13H19ClN2O3S2. The second-order valence-electron chi connectivity index (χ2n) is 5.00. The van der Waals surface area contributed by atoms with Crippen molar-refractivity contribution in [1.82, 2.24) is 9.62 Å². The molecular weight excluding hydrogens is 332 g/mol. The van der Waals surface area contributed by atoms with Gasteiger partial charge in [0.15, 0.2) is 0 Å². The van der Waals surface area contributed by atoms with Gasteiger partial charge in [-0.05, 0) is 31.4 Å². The maximum atomic E-state index is 12.0. The quantitative estimate of drug-likeness (QED) is 0.801. The fraction of sp³-hybridized carbons (Fsp3) is 0.615. The first kappa shape index (κ1) is 16.7. The van der Waals surface area contributed by atoms with Crippen LogP contribution in [-0.4, -0.2) is 38.9 Å². The maximum absolute atomic E-state index is 12.0. The Hall–Kier alpha value is -0.630. The molecule has 1 aromatic heterocycles. The summed E-state index contributed by atoms with van der Waals surface area (Å²) in [5, 5.41) is 0. The molecule has 0 aromatic carbocycles. The van der Waals surface area contributed by atoms with Gasteiger partial charge in [0.2, 0.25) is 15.9 Å². The zero-order valence-electron chi connectivity index (χ0n) is 11.7. The largest absolute Gasteiger partial charge is 0.343 e. The molecule has 1 fully saturated rings. The SMILES string of the molecule is O=C1CCCCCN1CCCNS(=O)(=O)c1ccc(Cl)s1. The second kappa shape index (κ2) is 7.58. The summed E-state index contributed by atoms with van der Waals surface area (Å²) in [4.78, 5) is 13.6. The van der Waals surface area contributed by atoms with E-state index in [2.05, 4.69) is 4.72 Å². The molecule has 0 unspecified atom stereocenters. The van der Waals surface area contributed by atoms with Gasteiger partial charge in [0.05, 0.1) is 4.34 Å². The molecule has 0 spiro atoms. The summed E-state index contributed by atoms with van der Waals surface area (Å²) < 4.78 is 27.2. The van der Waals surface area contributed by atoms with Crippen LogP contribution in [0, 0.1) is 0 Å². The molecule has 0 bridgehead atoms. The lowest BCUT2D eigenvalue weighted by Crippen LogP contribution is -2.33. The third-order valence-corrected chi connectivity index (χ3v) is 6.57. The summed E-state index contributed by atoms with van der Waals surface area (Å²) in [5.41, 5.74) is 0. The molecule has 8 heteroatoms. The van der Waals surface area contributed by atoms with E-state index in [9.17, 15) is 13.2 Å². The van der Waals surface area contributed by atoms with Crippen LogP contribution >= 0.6 is 22.9 Å². The smallest absolute Gasteiger partial charge is 0.250 e. The van der Waals surface area contributed by atoms with Crippen LogP contribution < -0.4 is 4.72 Å². The molecule has 1 aliphatic heterocycles. The summed E-state index contributed by atoms with van der Waals surface area (Å²) in [7, 11) is -3.48. The van der Waals surface area contributed by atoms with E-state index in [1.807, 2.05) is 4.90 Å². The predicted molar refractivity (Wildman–Crippen MR) is 84.2 cm³/mol. The number of likely N-dealkylation sites (tertiary alicyclic amines) is 1. The zero-order chi connectivity index (χ0) is 15.3. The van der Waals surface area contributed by atoms with E-state index < -0.39 is 10.0 Å². The van der Waals surface area contributed by atoms with Gasteiger partial charge in [0.1, 0.15) is 4.21 Å². The van der Waals surface area contributed by atoms with Crippen molar-refractivity contribution in [3.05, 3.63) is 16.5 Å². The number of halogens is 1. The standard InChI is InChI=1S/C13H19ClN2O3S2/c14-11-6-7-13(20-11)21(18,19)15-8-4-10-16-9-3-1-2-5-12(16)17/h6-7,15H,1-5,8-10H2. The van der Waals surface area contributed by atoms with Gasteiger partial charge in [-0.25, -0.2) is 13.1 Å². The number of nitrogens with zero attached hydrogens (tertiary/aromatic N) is 1. The van der Waals surface area contributed by atoms with Gasteiger partial charge in [-0.3, -0.25) is 4.79 Å². The van der Waals surface area contributed by atoms with Crippen LogP contribution in [0.3, 0.4) is 0 Å². The summed E-state index contributed by atoms with van der Waals surface area (Å²) in [6.07, 6.45) is 4.31. The number of nitrogens with one attached hydrogen (secondary N) is 1. The van der Waals surface area contributed by atoms with E-state index in [0.29, 0.717) is 30.3 Å². The number of carbonyl (C=O) groups is 1. The maximum Gasteiger partial charge on any atom is 0.250 e. The van der Waals surface area contributed by atoms with E-state index in [0.717, 1.165) is 37.1 Å². The van der Waals surface area contributed by atoms with Crippen molar-refractivity contribution >= 4 is 38.9 Å². The molecule has 2 heterocycles. The number of hydrogen-bond acceptors (Lipinski definition) is 4. The first-order chi connectivity index (χ1) is 9.99.